The monoisotopic (exact) mass is 464 g/mol. The van der Waals surface area contributed by atoms with E-state index in [0.29, 0.717) is 24.2 Å². The number of phenolic OH excluding ortho intramolecular Hbond substituents is 2. The zero-order valence-corrected chi connectivity index (χ0v) is 18.8. The van der Waals surface area contributed by atoms with Crippen molar-refractivity contribution >= 4 is 17.6 Å². The second kappa shape index (κ2) is 12.8. The Balaban J connectivity index is 1.73. The van der Waals surface area contributed by atoms with E-state index in [-0.39, 0.29) is 42.6 Å². The molecule has 8 heteroatoms. The summed E-state index contributed by atoms with van der Waals surface area (Å²) < 4.78 is 5.27. The van der Waals surface area contributed by atoms with Crippen molar-refractivity contribution in [2.24, 2.45) is 5.16 Å². The second-order valence-electron chi connectivity index (χ2n) is 7.67. The van der Waals surface area contributed by atoms with Crippen LogP contribution in [-0.4, -0.2) is 41.0 Å². The minimum atomic E-state index is -0.692. The van der Waals surface area contributed by atoms with Crippen LogP contribution in [0.1, 0.15) is 40.7 Å². The number of carbonyl (C=O) groups excluding carboxylic acids is 2. The van der Waals surface area contributed by atoms with Gasteiger partial charge in [0.2, 0.25) is 0 Å². The molecule has 0 saturated carbocycles. The van der Waals surface area contributed by atoms with Crippen LogP contribution in [0.15, 0.2) is 71.9 Å². The van der Waals surface area contributed by atoms with Gasteiger partial charge in [-0.15, -0.1) is 0 Å². The van der Waals surface area contributed by atoms with E-state index in [4.69, 9.17) is 9.57 Å². The molecular weight excluding hydrogens is 436 g/mol. The van der Waals surface area contributed by atoms with Crippen LogP contribution >= 0.6 is 0 Å². The van der Waals surface area contributed by atoms with Gasteiger partial charge in [0.05, 0.1) is 12.3 Å². The Hall–Kier alpha value is -4.07. The number of allylic oxidation sites excluding steroid dienone is 3. The first-order valence-electron chi connectivity index (χ1n) is 11.1. The number of oxime groups is 1. The minimum Gasteiger partial charge on any atom is -0.508 e. The maximum Gasteiger partial charge on any atom is 0.342 e. The molecule has 1 heterocycles. The smallest absolute Gasteiger partial charge is 0.342 e. The number of phenols is 2. The highest BCUT2D eigenvalue weighted by molar-refractivity contribution is 6.00. The van der Waals surface area contributed by atoms with Crippen LogP contribution in [0.2, 0.25) is 0 Å². The lowest BCUT2D eigenvalue weighted by molar-refractivity contribution is -0.125. The fourth-order valence-corrected chi connectivity index (χ4v) is 3.32. The van der Waals surface area contributed by atoms with Crippen LogP contribution in [0.25, 0.3) is 0 Å². The highest BCUT2D eigenvalue weighted by Crippen LogP contribution is 2.29. The Kier molecular flexibility index (Phi) is 9.28. The van der Waals surface area contributed by atoms with Crippen molar-refractivity contribution in [3.8, 4) is 11.5 Å². The van der Waals surface area contributed by atoms with Crippen molar-refractivity contribution in [1.29, 1.82) is 0 Å². The summed E-state index contributed by atoms with van der Waals surface area (Å²) in [7, 11) is 0. The molecule has 0 atom stereocenters. The molecule has 2 aromatic rings. The number of hydrogen-bond acceptors (Lipinski definition) is 7. The van der Waals surface area contributed by atoms with Crippen molar-refractivity contribution in [3.63, 3.8) is 0 Å². The van der Waals surface area contributed by atoms with Gasteiger partial charge >= 0.3 is 5.97 Å². The average Bonchev–Trinajstić information content (AvgIpc) is 2.81. The number of esters is 1. The predicted molar refractivity (Wildman–Crippen MR) is 128 cm³/mol. The van der Waals surface area contributed by atoms with Gasteiger partial charge in [-0.2, -0.15) is 0 Å². The summed E-state index contributed by atoms with van der Waals surface area (Å²) in [6, 6.07) is 12.0. The number of ether oxygens (including phenoxy) is 1. The molecule has 178 valence electrons. The Morgan fingerprint density at radius 1 is 1.06 bits per heavy atom. The number of benzene rings is 2. The van der Waals surface area contributed by atoms with E-state index in [0.717, 1.165) is 24.5 Å². The largest absolute Gasteiger partial charge is 0.508 e. The van der Waals surface area contributed by atoms with E-state index >= 15 is 0 Å². The number of amides is 1. The van der Waals surface area contributed by atoms with E-state index in [9.17, 15) is 19.8 Å². The molecule has 0 unspecified atom stereocenters. The summed E-state index contributed by atoms with van der Waals surface area (Å²) in [6.45, 7) is 0.265. The maximum absolute atomic E-state index is 12.6. The standard InChI is InChI=1S/C26H28N2O6/c29-22-15-20-14-21(28-34-18-24(31)27-17-19-10-6-5-7-11-19)12-8-3-1-2-4-9-13-33-26(32)25(20)23(30)16-22/h2,4-8,10-12,15-16,29-30H,1,3,9,13-14,17-18H2,(H,27,31)/b4-2+,12-8+,28-21?. The molecule has 0 bridgehead atoms. The molecule has 0 aliphatic carbocycles. The molecule has 34 heavy (non-hydrogen) atoms. The first-order valence-corrected chi connectivity index (χ1v) is 11.1. The molecule has 3 N–H and O–H groups in total. The number of carbonyl (C=O) groups is 2. The number of cyclic esters (lactones) is 1. The van der Waals surface area contributed by atoms with Gasteiger partial charge in [0.15, 0.2) is 6.61 Å². The molecule has 0 saturated heterocycles. The molecule has 0 radical (unpaired) electrons. The van der Waals surface area contributed by atoms with E-state index < -0.39 is 5.97 Å². The lowest BCUT2D eigenvalue weighted by atomic mass is 10.00. The van der Waals surface area contributed by atoms with Gasteiger partial charge in [0.1, 0.15) is 17.1 Å². The fourth-order valence-electron chi connectivity index (χ4n) is 3.32. The Morgan fingerprint density at radius 2 is 1.82 bits per heavy atom. The fraction of sp³-hybridized carbons (Fsp3) is 0.269. The Morgan fingerprint density at radius 3 is 2.65 bits per heavy atom. The van der Waals surface area contributed by atoms with E-state index in [1.165, 1.54) is 6.07 Å². The average molecular weight is 465 g/mol. The number of nitrogens with zero attached hydrogens (tertiary/aromatic N) is 1. The number of rotatable bonds is 5. The topological polar surface area (TPSA) is 117 Å². The van der Waals surface area contributed by atoms with E-state index in [1.807, 2.05) is 48.6 Å². The van der Waals surface area contributed by atoms with Crippen LogP contribution in [0.3, 0.4) is 0 Å². The highest BCUT2D eigenvalue weighted by Gasteiger charge is 2.20. The quantitative estimate of drug-likeness (QED) is 0.352. The van der Waals surface area contributed by atoms with Crippen molar-refractivity contribution in [3.05, 3.63) is 83.5 Å². The molecule has 8 nitrogen and oxygen atoms in total. The first-order chi connectivity index (χ1) is 16.5. The van der Waals surface area contributed by atoms with Crippen LogP contribution in [0.5, 0.6) is 11.5 Å². The lowest BCUT2D eigenvalue weighted by Crippen LogP contribution is -2.26. The molecule has 3 rings (SSSR count). The van der Waals surface area contributed by atoms with Gasteiger partial charge in [0, 0.05) is 19.0 Å². The second-order valence-corrected chi connectivity index (χ2v) is 7.67. The predicted octanol–water partition coefficient (Wildman–Crippen LogP) is 3.78. The molecular formula is C26H28N2O6. The molecule has 0 aromatic heterocycles. The number of fused-ring (bicyclic) bond motifs is 1. The van der Waals surface area contributed by atoms with Crippen LogP contribution < -0.4 is 5.32 Å². The normalized spacial score (nSPS) is 17.6. The number of hydrogen-bond donors (Lipinski definition) is 3. The molecule has 0 spiro atoms. The van der Waals surface area contributed by atoms with Crippen LogP contribution in [-0.2, 0) is 27.3 Å². The zero-order valence-electron chi connectivity index (χ0n) is 18.8. The minimum absolute atomic E-state index is 0.0412. The Labute approximate surface area is 198 Å². The molecule has 1 aliphatic heterocycles. The third-order valence-electron chi connectivity index (χ3n) is 4.96. The molecule has 1 aliphatic rings. The zero-order chi connectivity index (χ0) is 24.2. The van der Waals surface area contributed by atoms with Crippen molar-refractivity contribution in [2.75, 3.05) is 13.2 Å². The molecule has 2 aromatic carbocycles. The molecule has 0 fully saturated rings. The summed E-state index contributed by atoms with van der Waals surface area (Å²) in [4.78, 5) is 29.9. The number of nitrogens with one attached hydrogen (secondary N) is 1. The van der Waals surface area contributed by atoms with E-state index in [2.05, 4.69) is 10.5 Å². The van der Waals surface area contributed by atoms with Gasteiger partial charge < -0.3 is 25.1 Å². The van der Waals surface area contributed by atoms with Gasteiger partial charge in [-0.3, -0.25) is 4.79 Å². The van der Waals surface area contributed by atoms with E-state index in [1.54, 1.807) is 6.08 Å². The highest BCUT2D eigenvalue weighted by atomic mass is 16.6. The van der Waals surface area contributed by atoms with Gasteiger partial charge in [-0.25, -0.2) is 4.79 Å². The first kappa shape index (κ1) is 24.6. The van der Waals surface area contributed by atoms with Crippen LogP contribution in [0.4, 0.5) is 0 Å². The number of aromatic hydroxyl groups is 2. The maximum atomic E-state index is 12.6. The third kappa shape index (κ3) is 7.81. The van der Waals surface area contributed by atoms with Crippen molar-refractivity contribution < 1.29 is 29.4 Å². The summed E-state index contributed by atoms with van der Waals surface area (Å²) in [6.07, 6.45) is 9.77. The third-order valence-corrected chi connectivity index (χ3v) is 4.96. The SMILES string of the molecule is O=C(CON=C1/C=C/CC/C=C/CCOC(=O)c2c(O)cc(O)cc2C1)NCc1ccccc1. The Bertz CT molecular complexity index is 1080. The van der Waals surface area contributed by atoms with Gasteiger partial charge in [-0.1, -0.05) is 53.7 Å². The van der Waals surface area contributed by atoms with Crippen molar-refractivity contribution in [1.82, 2.24) is 5.32 Å². The summed E-state index contributed by atoms with van der Waals surface area (Å²) in [5, 5.41) is 27.1. The summed E-state index contributed by atoms with van der Waals surface area (Å²) >= 11 is 0. The molecule has 1 amide bonds. The van der Waals surface area contributed by atoms with Gasteiger partial charge in [0.25, 0.3) is 5.91 Å². The summed E-state index contributed by atoms with van der Waals surface area (Å²) in [5.74, 6) is -1.60. The van der Waals surface area contributed by atoms with Crippen molar-refractivity contribution in [2.45, 2.75) is 32.2 Å². The van der Waals surface area contributed by atoms with Gasteiger partial charge in [-0.05, 0) is 42.5 Å². The lowest BCUT2D eigenvalue weighted by Gasteiger charge is -2.12. The summed E-state index contributed by atoms with van der Waals surface area (Å²) in [5.41, 5.74) is 1.67. The van der Waals surface area contributed by atoms with Crippen LogP contribution in [0, 0.1) is 0 Å².